The molecule has 0 radical (unpaired) electrons. The number of carbonyl (C=O) groups excluding carboxylic acids is 2. The van der Waals surface area contributed by atoms with Crippen molar-refractivity contribution in [1.82, 2.24) is 0 Å². The monoisotopic (exact) mass is 370 g/mol. The van der Waals surface area contributed by atoms with Gasteiger partial charge in [-0.2, -0.15) is 0 Å². The van der Waals surface area contributed by atoms with Crippen LogP contribution in [0, 0.1) is 13.8 Å². The molecule has 2 aromatic carbocycles. The molecular weight excluding hydrogens is 342 g/mol. The second-order valence-electron chi connectivity index (χ2n) is 6.80. The summed E-state index contributed by atoms with van der Waals surface area (Å²) in [5, 5.41) is 5.80. The molecule has 6 nitrogen and oxygen atoms in total. The molecule has 1 unspecified atom stereocenters. The van der Waals surface area contributed by atoms with Crippen molar-refractivity contribution in [3.63, 3.8) is 0 Å². The Hall–Kier alpha value is -2.86. The zero-order valence-corrected chi connectivity index (χ0v) is 16.6. The fourth-order valence-electron chi connectivity index (χ4n) is 2.68. The van der Waals surface area contributed by atoms with Gasteiger partial charge in [-0.1, -0.05) is 24.3 Å². The molecule has 2 atom stereocenters. The number of hydrogen-bond donors (Lipinski definition) is 3. The molecule has 3 N–H and O–H groups in total. The predicted octanol–water partition coefficient (Wildman–Crippen LogP) is 1.79. The van der Waals surface area contributed by atoms with E-state index in [0.717, 1.165) is 21.7 Å². The molecule has 0 bridgehead atoms. The third-order valence-corrected chi connectivity index (χ3v) is 4.60. The van der Waals surface area contributed by atoms with Gasteiger partial charge in [0.15, 0.2) is 12.6 Å². The van der Waals surface area contributed by atoms with E-state index in [0.29, 0.717) is 11.4 Å². The maximum Gasteiger partial charge on any atom is 0.282 e. The van der Waals surface area contributed by atoms with E-state index in [1.807, 2.05) is 51.2 Å². The number of anilines is 2. The Balaban J connectivity index is 1.95. The van der Waals surface area contributed by atoms with Gasteiger partial charge in [0.05, 0.1) is 19.8 Å². The highest BCUT2D eigenvalue weighted by molar-refractivity contribution is 5.95. The molecule has 0 saturated heterocycles. The first kappa shape index (κ1) is 20.5. The van der Waals surface area contributed by atoms with E-state index in [2.05, 4.69) is 10.6 Å². The molecule has 27 heavy (non-hydrogen) atoms. The van der Waals surface area contributed by atoms with Gasteiger partial charge in [0, 0.05) is 5.69 Å². The van der Waals surface area contributed by atoms with Gasteiger partial charge in [-0.05, 0) is 50.1 Å². The third kappa shape index (κ3) is 5.56. The van der Waals surface area contributed by atoms with Crippen molar-refractivity contribution in [2.24, 2.45) is 0 Å². The highest BCUT2D eigenvalue weighted by atomic mass is 16.5. The largest absolute Gasteiger partial charge is 0.495 e. The fourth-order valence-corrected chi connectivity index (χ4v) is 2.68. The van der Waals surface area contributed by atoms with Gasteiger partial charge in [-0.25, -0.2) is 0 Å². The molecular formula is C21H28N3O3+. The van der Waals surface area contributed by atoms with Crippen molar-refractivity contribution < 1.29 is 19.2 Å². The summed E-state index contributed by atoms with van der Waals surface area (Å²) in [6, 6.07) is 12.8. The average Bonchev–Trinajstić information content (AvgIpc) is 2.64. The number of para-hydroxylation sites is 2. The molecule has 0 heterocycles. The lowest BCUT2D eigenvalue weighted by atomic mass is 10.1. The number of nitrogens with one attached hydrogen (secondary N) is 3. The van der Waals surface area contributed by atoms with Crippen LogP contribution in [0.2, 0.25) is 0 Å². The summed E-state index contributed by atoms with van der Waals surface area (Å²) in [6.07, 6.45) is 0. The Labute approximate surface area is 160 Å². The second kappa shape index (κ2) is 9.19. The summed E-state index contributed by atoms with van der Waals surface area (Å²) in [7, 11) is 3.39. The Kier molecular flexibility index (Phi) is 6.96. The molecule has 0 fully saturated rings. The molecule has 0 aliphatic carbocycles. The number of carbonyl (C=O) groups is 2. The fraction of sp³-hybridized carbons (Fsp3) is 0.333. The molecule has 0 aliphatic rings. The number of aryl methyl sites for hydroxylation is 2. The Morgan fingerprint density at radius 1 is 1.07 bits per heavy atom. The standard InChI is InChI=1S/C21H27N3O3/c1-14-10-11-15(2)18(12-14)22-20(25)13-24(4)16(3)21(26)23-17-8-6-7-9-19(17)27-5/h6-12,16H,13H2,1-5H3,(H,22,25)(H,23,26)/p+1/t16-/m0/s1. The van der Waals surface area contributed by atoms with Crippen LogP contribution in [0.15, 0.2) is 42.5 Å². The highest BCUT2D eigenvalue weighted by Gasteiger charge is 2.24. The van der Waals surface area contributed by atoms with E-state index < -0.39 is 6.04 Å². The number of rotatable bonds is 7. The van der Waals surface area contributed by atoms with Crippen LogP contribution in [0.4, 0.5) is 11.4 Å². The Morgan fingerprint density at radius 2 is 1.78 bits per heavy atom. The summed E-state index contributed by atoms with van der Waals surface area (Å²) in [4.78, 5) is 25.7. The van der Waals surface area contributed by atoms with Crippen molar-refractivity contribution in [2.75, 3.05) is 31.3 Å². The topological polar surface area (TPSA) is 71.9 Å². The second-order valence-corrected chi connectivity index (χ2v) is 6.80. The summed E-state index contributed by atoms with van der Waals surface area (Å²) >= 11 is 0. The first-order valence-electron chi connectivity index (χ1n) is 8.95. The highest BCUT2D eigenvalue weighted by Crippen LogP contribution is 2.22. The van der Waals surface area contributed by atoms with Gasteiger partial charge in [0.25, 0.3) is 11.8 Å². The Bertz CT molecular complexity index is 820. The zero-order chi connectivity index (χ0) is 20.0. The number of amides is 2. The van der Waals surface area contributed by atoms with Crippen molar-refractivity contribution in [1.29, 1.82) is 0 Å². The smallest absolute Gasteiger partial charge is 0.282 e. The molecule has 0 aliphatic heterocycles. The van der Waals surface area contributed by atoms with Crippen LogP contribution in [0.25, 0.3) is 0 Å². The van der Waals surface area contributed by atoms with E-state index >= 15 is 0 Å². The molecule has 144 valence electrons. The lowest BCUT2D eigenvalue weighted by Gasteiger charge is -2.21. The maximum absolute atomic E-state index is 12.5. The quantitative estimate of drug-likeness (QED) is 0.696. The summed E-state index contributed by atoms with van der Waals surface area (Å²) in [6.45, 7) is 5.92. The average molecular weight is 370 g/mol. The first-order valence-corrected chi connectivity index (χ1v) is 8.95. The molecule has 6 heteroatoms. The van der Waals surface area contributed by atoms with Crippen LogP contribution in [-0.2, 0) is 9.59 Å². The van der Waals surface area contributed by atoms with E-state index in [9.17, 15) is 9.59 Å². The summed E-state index contributed by atoms with van der Waals surface area (Å²) in [5.41, 5.74) is 3.51. The minimum atomic E-state index is -0.403. The number of likely N-dealkylation sites (N-methyl/N-ethyl adjacent to an activating group) is 1. The molecule has 0 aromatic heterocycles. The van der Waals surface area contributed by atoms with Gasteiger partial charge in [0.2, 0.25) is 0 Å². The minimum Gasteiger partial charge on any atom is -0.495 e. The number of methoxy groups -OCH3 is 1. The number of ether oxygens (including phenoxy) is 1. The van der Waals surface area contributed by atoms with Crippen molar-refractivity contribution >= 4 is 23.2 Å². The number of hydrogen-bond acceptors (Lipinski definition) is 3. The molecule has 0 spiro atoms. The van der Waals surface area contributed by atoms with Crippen LogP contribution in [0.3, 0.4) is 0 Å². The summed E-state index contributed by atoms with van der Waals surface area (Å²) in [5.74, 6) is 0.304. The van der Waals surface area contributed by atoms with E-state index in [4.69, 9.17) is 4.74 Å². The van der Waals surface area contributed by atoms with Gasteiger partial charge >= 0.3 is 0 Å². The molecule has 2 amide bonds. The SMILES string of the molecule is COc1ccccc1NC(=O)[C@H](C)[NH+](C)CC(=O)Nc1cc(C)ccc1C. The van der Waals surface area contributed by atoms with Crippen molar-refractivity contribution in [3.8, 4) is 5.75 Å². The van der Waals surface area contributed by atoms with E-state index in [1.54, 1.807) is 26.2 Å². The van der Waals surface area contributed by atoms with Gasteiger partial charge < -0.3 is 20.3 Å². The van der Waals surface area contributed by atoms with Gasteiger partial charge in [-0.15, -0.1) is 0 Å². The summed E-state index contributed by atoms with van der Waals surface area (Å²) < 4.78 is 5.25. The minimum absolute atomic E-state index is 0.127. The lowest BCUT2D eigenvalue weighted by Crippen LogP contribution is -3.14. The zero-order valence-electron chi connectivity index (χ0n) is 16.6. The van der Waals surface area contributed by atoms with Crippen LogP contribution >= 0.6 is 0 Å². The third-order valence-electron chi connectivity index (χ3n) is 4.60. The maximum atomic E-state index is 12.5. The van der Waals surface area contributed by atoms with Gasteiger partial charge in [-0.3, -0.25) is 9.59 Å². The van der Waals surface area contributed by atoms with Crippen LogP contribution < -0.4 is 20.3 Å². The van der Waals surface area contributed by atoms with E-state index in [1.165, 1.54) is 0 Å². The van der Waals surface area contributed by atoms with Crippen molar-refractivity contribution in [3.05, 3.63) is 53.6 Å². The van der Waals surface area contributed by atoms with E-state index in [-0.39, 0.29) is 18.4 Å². The molecule has 2 rings (SSSR count). The van der Waals surface area contributed by atoms with Crippen molar-refractivity contribution in [2.45, 2.75) is 26.8 Å². The van der Waals surface area contributed by atoms with Crippen LogP contribution in [0.5, 0.6) is 5.75 Å². The number of benzene rings is 2. The number of quaternary nitrogens is 1. The molecule has 2 aromatic rings. The van der Waals surface area contributed by atoms with Crippen LogP contribution in [0.1, 0.15) is 18.1 Å². The van der Waals surface area contributed by atoms with Crippen LogP contribution in [-0.4, -0.2) is 38.6 Å². The lowest BCUT2D eigenvalue weighted by molar-refractivity contribution is -0.885. The normalized spacial score (nSPS) is 12.8. The molecule has 0 saturated carbocycles. The first-order chi connectivity index (χ1) is 12.8. The van der Waals surface area contributed by atoms with Gasteiger partial charge in [0.1, 0.15) is 5.75 Å². The Morgan fingerprint density at radius 3 is 2.48 bits per heavy atom. The predicted molar refractivity (Wildman–Crippen MR) is 107 cm³/mol.